The number of carbonyl (C=O) groups is 1. The average Bonchev–Trinajstić information content (AvgIpc) is 3.20. The zero-order valence-corrected chi connectivity index (χ0v) is 15.1. The van der Waals surface area contributed by atoms with Crippen LogP contribution in [0.15, 0.2) is 41.1 Å². The maximum atomic E-state index is 12.1. The number of hydrogen-bond acceptors (Lipinski definition) is 6. The van der Waals surface area contributed by atoms with Gasteiger partial charge in [0, 0.05) is 30.8 Å². The van der Waals surface area contributed by atoms with Crippen LogP contribution in [0, 0.1) is 0 Å². The number of furan rings is 1. The van der Waals surface area contributed by atoms with Crippen LogP contribution in [-0.4, -0.2) is 51.8 Å². The predicted molar refractivity (Wildman–Crippen MR) is 97.6 cm³/mol. The molecule has 3 aromatic heterocycles. The normalized spacial score (nSPS) is 11.3. The third kappa shape index (κ3) is 4.83. The van der Waals surface area contributed by atoms with E-state index in [1.807, 2.05) is 26.2 Å². The van der Waals surface area contributed by atoms with Crippen molar-refractivity contribution in [2.75, 3.05) is 26.4 Å². The number of nitrogens with zero attached hydrogens (tertiary/aromatic N) is 4. The molecule has 0 unspecified atom stereocenters. The van der Waals surface area contributed by atoms with E-state index in [1.165, 1.54) is 0 Å². The minimum absolute atomic E-state index is 0.183. The summed E-state index contributed by atoms with van der Waals surface area (Å²) < 4.78 is 7.34. The highest BCUT2D eigenvalue weighted by atomic mass is 32.2. The number of amides is 1. The summed E-state index contributed by atoms with van der Waals surface area (Å²) in [5, 5.41) is 7.08. The highest BCUT2D eigenvalue weighted by Gasteiger charge is 2.10. The van der Waals surface area contributed by atoms with Crippen LogP contribution >= 0.6 is 11.8 Å². The lowest BCUT2D eigenvalue weighted by Crippen LogP contribution is -2.26. The van der Waals surface area contributed by atoms with Gasteiger partial charge in [-0.05, 0) is 32.3 Å². The first kappa shape index (κ1) is 17.5. The Morgan fingerprint density at radius 3 is 3.00 bits per heavy atom. The monoisotopic (exact) mass is 359 g/mol. The molecule has 0 fully saturated rings. The van der Waals surface area contributed by atoms with E-state index < -0.39 is 0 Å². The minimum atomic E-state index is -0.183. The third-order valence-electron chi connectivity index (χ3n) is 3.43. The Balaban J connectivity index is 1.39. The second kappa shape index (κ2) is 8.17. The molecule has 0 saturated heterocycles. The quantitative estimate of drug-likeness (QED) is 0.621. The number of thioether (sulfide) groups is 1. The molecule has 3 heterocycles. The van der Waals surface area contributed by atoms with Gasteiger partial charge in [-0.1, -0.05) is 0 Å². The van der Waals surface area contributed by atoms with Crippen molar-refractivity contribution in [2.45, 2.75) is 12.3 Å². The highest BCUT2D eigenvalue weighted by Crippen LogP contribution is 2.16. The van der Waals surface area contributed by atoms with Gasteiger partial charge in [0.25, 0.3) is 5.91 Å². The lowest BCUT2D eigenvalue weighted by Gasteiger charge is -2.06. The van der Waals surface area contributed by atoms with E-state index in [0.717, 1.165) is 29.6 Å². The van der Waals surface area contributed by atoms with Crippen molar-refractivity contribution in [3.63, 3.8) is 0 Å². The summed E-state index contributed by atoms with van der Waals surface area (Å²) in [5.74, 6) is 3.34. The van der Waals surface area contributed by atoms with E-state index in [-0.39, 0.29) is 5.91 Å². The van der Waals surface area contributed by atoms with E-state index in [0.29, 0.717) is 17.9 Å². The Kier molecular flexibility index (Phi) is 5.72. The van der Waals surface area contributed by atoms with Gasteiger partial charge in [-0.2, -0.15) is 16.9 Å². The van der Waals surface area contributed by atoms with E-state index in [4.69, 9.17) is 4.42 Å². The molecule has 0 atom stereocenters. The molecule has 7 nitrogen and oxygen atoms in total. The lowest BCUT2D eigenvalue weighted by molar-refractivity contribution is 0.0951. The van der Waals surface area contributed by atoms with Crippen molar-refractivity contribution in [3.8, 4) is 0 Å². The summed E-state index contributed by atoms with van der Waals surface area (Å²) >= 11 is 1.72. The van der Waals surface area contributed by atoms with Gasteiger partial charge in [0.1, 0.15) is 11.5 Å². The summed E-state index contributed by atoms with van der Waals surface area (Å²) in [6, 6.07) is 7.47. The molecule has 1 N–H and O–H groups in total. The zero-order valence-electron chi connectivity index (χ0n) is 14.3. The molecule has 0 spiro atoms. The molecule has 3 rings (SSSR count). The van der Waals surface area contributed by atoms with E-state index in [9.17, 15) is 4.79 Å². The Morgan fingerprint density at radius 1 is 1.36 bits per heavy atom. The maximum absolute atomic E-state index is 12.1. The molecule has 0 aliphatic rings. The molecule has 0 bridgehead atoms. The van der Waals surface area contributed by atoms with Crippen LogP contribution in [0.2, 0.25) is 0 Å². The van der Waals surface area contributed by atoms with Gasteiger partial charge in [-0.3, -0.25) is 4.79 Å². The second-order valence-corrected chi connectivity index (χ2v) is 6.97. The third-order valence-corrected chi connectivity index (χ3v) is 4.42. The van der Waals surface area contributed by atoms with Crippen molar-refractivity contribution in [1.29, 1.82) is 0 Å². The van der Waals surface area contributed by atoms with Crippen LogP contribution in [0.4, 0.5) is 0 Å². The number of carbonyl (C=O) groups excluding carboxylic acids is 1. The summed E-state index contributed by atoms with van der Waals surface area (Å²) in [7, 11) is 4.03. The van der Waals surface area contributed by atoms with Gasteiger partial charge < -0.3 is 14.6 Å². The highest BCUT2D eigenvalue weighted by molar-refractivity contribution is 7.98. The first-order valence-electron chi connectivity index (χ1n) is 8.00. The van der Waals surface area contributed by atoms with Crippen LogP contribution in [0.3, 0.4) is 0 Å². The van der Waals surface area contributed by atoms with Gasteiger partial charge in [-0.25, -0.2) is 9.50 Å². The molecule has 0 saturated carbocycles. The summed E-state index contributed by atoms with van der Waals surface area (Å²) in [5.41, 5.74) is 1.04. The van der Waals surface area contributed by atoms with Gasteiger partial charge in [-0.15, -0.1) is 0 Å². The Bertz CT molecular complexity index is 809. The van der Waals surface area contributed by atoms with Crippen LogP contribution in [0.5, 0.6) is 0 Å². The molecular formula is C17H21N5O2S. The van der Waals surface area contributed by atoms with E-state index >= 15 is 0 Å². The lowest BCUT2D eigenvalue weighted by atomic mass is 10.4. The fraction of sp³-hybridized carbons (Fsp3) is 0.353. The van der Waals surface area contributed by atoms with Gasteiger partial charge >= 0.3 is 0 Å². The predicted octanol–water partition coefficient (Wildman–Crippen LogP) is 2.05. The largest absolute Gasteiger partial charge is 0.464 e. The van der Waals surface area contributed by atoms with Crippen LogP contribution in [0.25, 0.3) is 5.65 Å². The molecule has 1 amide bonds. The standard InChI is InChI=1S/C17H21N5O2S/c1-21(2)11-13-4-5-14(24-13)12-25-9-7-19-17(23)15-10-16-18-6-3-8-22(16)20-15/h3-6,8,10H,7,9,11-12H2,1-2H3,(H,19,23). The minimum Gasteiger partial charge on any atom is -0.464 e. The van der Waals surface area contributed by atoms with Crippen LogP contribution < -0.4 is 5.32 Å². The number of nitrogens with one attached hydrogen (secondary N) is 1. The Hall–Kier alpha value is -2.32. The van der Waals surface area contributed by atoms with Crippen molar-refractivity contribution in [2.24, 2.45) is 0 Å². The Labute approximate surface area is 150 Å². The van der Waals surface area contributed by atoms with Crippen molar-refractivity contribution in [3.05, 3.63) is 53.9 Å². The van der Waals surface area contributed by atoms with Crippen molar-refractivity contribution < 1.29 is 9.21 Å². The van der Waals surface area contributed by atoms with Gasteiger partial charge in [0.15, 0.2) is 11.3 Å². The first-order valence-corrected chi connectivity index (χ1v) is 9.16. The fourth-order valence-corrected chi connectivity index (χ4v) is 3.08. The van der Waals surface area contributed by atoms with Gasteiger partial charge in [0.2, 0.25) is 0 Å². The summed E-state index contributed by atoms with van der Waals surface area (Å²) in [6.45, 7) is 1.38. The molecule has 0 aliphatic heterocycles. The van der Waals surface area contributed by atoms with Crippen LogP contribution in [0.1, 0.15) is 22.0 Å². The molecule has 0 radical (unpaired) electrons. The number of hydrogen-bond donors (Lipinski definition) is 1. The molecular weight excluding hydrogens is 338 g/mol. The molecule has 0 aliphatic carbocycles. The number of aromatic nitrogens is 3. The zero-order chi connectivity index (χ0) is 17.6. The van der Waals surface area contributed by atoms with E-state index in [1.54, 1.807) is 40.8 Å². The molecule has 132 valence electrons. The van der Waals surface area contributed by atoms with Crippen molar-refractivity contribution >= 4 is 23.3 Å². The summed E-state index contributed by atoms with van der Waals surface area (Å²) in [4.78, 5) is 18.3. The summed E-state index contributed by atoms with van der Waals surface area (Å²) in [6.07, 6.45) is 3.44. The SMILES string of the molecule is CN(C)Cc1ccc(CSCCNC(=O)c2cc3ncccn3n2)o1. The second-order valence-electron chi connectivity index (χ2n) is 5.87. The number of rotatable bonds is 8. The first-order chi connectivity index (χ1) is 12.1. The topological polar surface area (TPSA) is 75.7 Å². The van der Waals surface area contributed by atoms with Crippen LogP contribution in [-0.2, 0) is 12.3 Å². The maximum Gasteiger partial charge on any atom is 0.271 e. The van der Waals surface area contributed by atoms with Crippen molar-refractivity contribution in [1.82, 2.24) is 24.8 Å². The fourth-order valence-electron chi connectivity index (χ4n) is 2.34. The molecule has 25 heavy (non-hydrogen) atoms. The molecule has 3 aromatic rings. The molecule has 8 heteroatoms. The van der Waals surface area contributed by atoms with E-state index in [2.05, 4.69) is 20.3 Å². The smallest absolute Gasteiger partial charge is 0.271 e. The van der Waals surface area contributed by atoms with Gasteiger partial charge in [0.05, 0.1) is 12.3 Å². The number of fused-ring (bicyclic) bond motifs is 1. The molecule has 0 aromatic carbocycles. The average molecular weight is 359 g/mol. The Morgan fingerprint density at radius 2 is 2.20 bits per heavy atom.